The molecule has 0 radical (unpaired) electrons. The molecule has 0 aromatic heterocycles. The number of para-hydroxylation sites is 1. The van der Waals surface area contributed by atoms with Gasteiger partial charge in [0.25, 0.3) is 21.6 Å². The van der Waals surface area contributed by atoms with Crippen LogP contribution < -0.4 is 9.62 Å². The van der Waals surface area contributed by atoms with Crippen molar-refractivity contribution in [2.75, 3.05) is 29.8 Å². The lowest BCUT2D eigenvalue weighted by molar-refractivity contribution is -0.385. The van der Waals surface area contributed by atoms with Gasteiger partial charge in [0.05, 0.1) is 9.82 Å². The number of carbonyl (C=O) groups is 1. The third-order valence-electron chi connectivity index (χ3n) is 5.92. The standard InChI is InChI=1S/C25H26N4O5S/c1-27(18-20-7-2-3-10-24(20)28-15-4-5-16-28)25(30)19-11-13-21(14-12-19)26-35(33,34)23-9-6-8-22(17-23)29(31)32/h2-3,6-14,17,26H,4-5,15-16,18H2,1H3. The maximum absolute atomic E-state index is 13.0. The van der Waals surface area contributed by atoms with Crippen LogP contribution in [0.15, 0.2) is 77.7 Å². The highest BCUT2D eigenvalue weighted by atomic mass is 32.2. The van der Waals surface area contributed by atoms with E-state index in [4.69, 9.17) is 0 Å². The van der Waals surface area contributed by atoms with E-state index in [0.29, 0.717) is 12.1 Å². The molecule has 0 spiro atoms. The van der Waals surface area contributed by atoms with Gasteiger partial charge in [0, 0.05) is 55.8 Å². The molecule has 1 aliphatic rings. The Morgan fingerprint density at radius 3 is 2.40 bits per heavy atom. The molecule has 3 aromatic rings. The Kier molecular flexibility index (Phi) is 7.02. The first-order valence-electron chi connectivity index (χ1n) is 11.2. The van der Waals surface area contributed by atoms with Crippen LogP contribution in [0.4, 0.5) is 17.1 Å². The van der Waals surface area contributed by atoms with Crippen LogP contribution in [-0.2, 0) is 16.6 Å². The smallest absolute Gasteiger partial charge is 0.270 e. The summed E-state index contributed by atoms with van der Waals surface area (Å²) in [4.78, 5) is 27.1. The van der Waals surface area contributed by atoms with Crippen LogP contribution in [0.1, 0.15) is 28.8 Å². The van der Waals surface area contributed by atoms with E-state index in [-0.39, 0.29) is 22.2 Å². The predicted octanol–water partition coefficient (Wildman–Crippen LogP) is 4.27. The molecule has 1 amide bonds. The molecule has 1 saturated heterocycles. The van der Waals surface area contributed by atoms with Gasteiger partial charge in [-0.05, 0) is 54.8 Å². The van der Waals surface area contributed by atoms with Crippen molar-refractivity contribution in [2.24, 2.45) is 0 Å². The molecular formula is C25H26N4O5S. The Hall–Kier alpha value is -3.92. The lowest BCUT2D eigenvalue weighted by Gasteiger charge is -2.24. The minimum atomic E-state index is -4.03. The van der Waals surface area contributed by atoms with Gasteiger partial charge in [-0.2, -0.15) is 0 Å². The summed E-state index contributed by atoms with van der Waals surface area (Å²) in [5, 5.41) is 10.9. The third-order valence-corrected chi connectivity index (χ3v) is 7.29. The quantitative estimate of drug-likeness (QED) is 0.370. The van der Waals surface area contributed by atoms with E-state index >= 15 is 0 Å². The van der Waals surface area contributed by atoms with Crippen molar-refractivity contribution in [3.8, 4) is 0 Å². The summed E-state index contributed by atoms with van der Waals surface area (Å²) in [6.07, 6.45) is 2.33. The molecule has 4 rings (SSSR count). The fourth-order valence-corrected chi connectivity index (χ4v) is 5.22. The monoisotopic (exact) mass is 494 g/mol. The molecule has 0 bridgehead atoms. The van der Waals surface area contributed by atoms with Crippen molar-refractivity contribution in [3.05, 3.63) is 94.0 Å². The number of sulfonamides is 1. The Bertz CT molecular complexity index is 1340. The zero-order valence-electron chi connectivity index (χ0n) is 19.3. The molecule has 0 atom stereocenters. The summed E-state index contributed by atoms with van der Waals surface area (Å²) in [5.41, 5.74) is 2.57. The maximum Gasteiger partial charge on any atom is 0.270 e. The summed E-state index contributed by atoms with van der Waals surface area (Å²) in [6, 6.07) is 19.0. The second-order valence-electron chi connectivity index (χ2n) is 8.42. The van der Waals surface area contributed by atoms with Gasteiger partial charge in [-0.1, -0.05) is 24.3 Å². The van der Waals surface area contributed by atoms with E-state index in [1.807, 2.05) is 18.2 Å². The number of amides is 1. The number of nitrogens with zero attached hydrogens (tertiary/aromatic N) is 3. The maximum atomic E-state index is 13.0. The highest BCUT2D eigenvalue weighted by Crippen LogP contribution is 2.26. The molecule has 10 heteroatoms. The topological polar surface area (TPSA) is 113 Å². The normalized spacial score (nSPS) is 13.5. The van der Waals surface area contributed by atoms with Crippen LogP contribution in [0, 0.1) is 10.1 Å². The molecule has 1 N–H and O–H groups in total. The lowest BCUT2D eigenvalue weighted by Crippen LogP contribution is -2.28. The molecule has 182 valence electrons. The molecule has 1 fully saturated rings. The number of rotatable bonds is 8. The highest BCUT2D eigenvalue weighted by Gasteiger charge is 2.20. The molecule has 3 aromatic carbocycles. The van der Waals surface area contributed by atoms with Crippen LogP contribution >= 0.6 is 0 Å². The number of hydrogen-bond acceptors (Lipinski definition) is 6. The number of nitro groups is 1. The molecule has 1 heterocycles. The number of hydrogen-bond donors (Lipinski definition) is 1. The van der Waals surface area contributed by atoms with E-state index in [9.17, 15) is 23.3 Å². The van der Waals surface area contributed by atoms with Crippen molar-refractivity contribution in [2.45, 2.75) is 24.3 Å². The van der Waals surface area contributed by atoms with Gasteiger partial charge in [-0.25, -0.2) is 8.42 Å². The number of anilines is 2. The first kappa shape index (κ1) is 24.2. The van der Waals surface area contributed by atoms with Crippen LogP contribution in [0.2, 0.25) is 0 Å². The third kappa shape index (κ3) is 5.60. The molecule has 1 aliphatic heterocycles. The number of nitro benzene ring substituents is 1. The van der Waals surface area contributed by atoms with Crippen LogP contribution in [0.3, 0.4) is 0 Å². The second kappa shape index (κ2) is 10.1. The van der Waals surface area contributed by atoms with Crippen molar-refractivity contribution in [3.63, 3.8) is 0 Å². The number of non-ortho nitro benzene ring substituents is 1. The second-order valence-corrected chi connectivity index (χ2v) is 10.1. The van der Waals surface area contributed by atoms with Gasteiger partial charge in [0.15, 0.2) is 0 Å². The highest BCUT2D eigenvalue weighted by molar-refractivity contribution is 7.92. The average Bonchev–Trinajstić information content (AvgIpc) is 3.39. The summed E-state index contributed by atoms with van der Waals surface area (Å²) in [5.74, 6) is -0.186. The average molecular weight is 495 g/mol. The number of carbonyl (C=O) groups excluding carboxylic acids is 1. The summed E-state index contributed by atoms with van der Waals surface area (Å²) >= 11 is 0. The largest absolute Gasteiger partial charge is 0.371 e. The van der Waals surface area contributed by atoms with Crippen molar-refractivity contribution >= 4 is 33.0 Å². The van der Waals surface area contributed by atoms with Crippen molar-refractivity contribution in [1.82, 2.24) is 4.90 Å². The first-order chi connectivity index (χ1) is 16.7. The first-order valence-corrected chi connectivity index (χ1v) is 12.7. The van der Waals surface area contributed by atoms with Gasteiger partial charge < -0.3 is 9.80 Å². The van der Waals surface area contributed by atoms with E-state index in [2.05, 4.69) is 15.7 Å². The zero-order valence-corrected chi connectivity index (χ0v) is 20.1. The SMILES string of the molecule is CN(Cc1ccccc1N1CCCC1)C(=O)c1ccc(NS(=O)(=O)c2cccc([N+](=O)[O-])c2)cc1. The molecule has 35 heavy (non-hydrogen) atoms. The van der Waals surface area contributed by atoms with E-state index in [1.165, 1.54) is 43.2 Å². The Morgan fingerprint density at radius 2 is 1.71 bits per heavy atom. The molecule has 9 nitrogen and oxygen atoms in total. The lowest BCUT2D eigenvalue weighted by atomic mass is 10.1. The molecule has 0 unspecified atom stereocenters. The molecular weight excluding hydrogens is 468 g/mol. The van der Waals surface area contributed by atoms with Gasteiger partial charge in [0.2, 0.25) is 0 Å². The van der Waals surface area contributed by atoms with Gasteiger partial charge in [-0.3, -0.25) is 19.6 Å². The summed E-state index contributed by atoms with van der Waals surface area (Å²) in [6.45, 7) is 2.48. The fourth-order valence-electron chi connectivity index (χ4n) is 4.12. The fraction of sp³-hybridized carbons (Fsp3) is 0.240. The zero-order chi connectivity index (χ0) is 25.0. The van der Waals surface area contributed by atoms with Crippen LogP contribution in [0.5, 0.6) is 0 Å². The molecule has 0 aliphatic carbocycles. The van der Waals surface area contributed by atoms with Crippen molar-refractivity contribution in [1.29, 1.82) is 0 Å². The van der Waals surface area contributed by atoms with Crippen LogP contribution in [-0.4, -0.2) is 44.3 Å². The Morgan fingerprint density at radius 1 is 1.03 bits per heavy atom. The number of benzene rings is 3. The van der Waals surface area contributed by atoms with E-state index in [0.717, 1.165) is 30.4 Å². The number of nitrogens with one attached hydrogen (secondary N) is 1. The Balaban J connectivity index is 1.45. The van der Waals surface area contributed by atoms with Gasteiger partial charge in [-0.15, -0.1) is 0 Å². The van der Waals surface area contributed by atoms with E-state index < -0.39 is 14.9 Å². The van der Waals surface area contributed by atoms with Gasteiger partial charge >= 0.3 is 0 Å². The minimum Gasteiger partial charge on any atom is -0.371 e. The minimum absolute atomic E-state index is 0.186. The predicted molar refractivity (Wildman–Crippen MR) is 134 cm³/mol. The molecule has 0 saturated carbocycles. The summed E-state index contributed by atoms with van der Waals surface area (Å²) < 4.78 is 27.7. The van der Waals surface area contributed by atoms with Crippen molar-refractivity contribution < 1.29 is 18.1 Å². The van der Waals surface area contributed by atoms with E-state index in [1.54, 1.807) is 24.1 Å². The van der Waals surface area contributed by atoms with Crippen LogP contribution in [0.25, 0.3) is 0 Å². The Labute approximate surface area is 204 Å². The van der Waals surface area contributed by atoms with Gasteiger partial charge in [0.1, 0.15) is 0 Å². The summed E-state index contributed by atoms with van der Waals surface area (Å²) in [7, 11) is -2.29.